The van der Waals surface area contributed by atoms with E-state index in [1.165, 1.54) is 11.3 Å². The van der Waals surface area contributed by atoms with Crippen LogP contribution in [0.2, 0.25) is 0 Å². The number of carboxylic acid groups (broad SMARTS) is 1. The molecule has 0 radical (unpaired) electrons. The number of hydrogen-bond donors (Lipinski definition) is 2. The van der Waals surface area contributed by atoms with Crippen molar-refractivity contribution in [3.63, 3.8) is 0 Å². The normalized spacial score (nSPS) is 9.86. The molecule has 1 heterocycles. The summed E-state index contributed by atoms with van der Waals surface area (Å²) >= 11 is 7.71. The third-order valence-corrected chi connectivity index (χ3v) is 4.52. The van der Waals surface area contributed by atoms with E-state index >= 15 is 0 Å². The fourth-order valence-electron chi connectivity index (χ4n) is 0.701. The minimum absolute atomic E-state index is 0.369. The zero-order valence-electron chi connectivity index (χ0n) is 6.71. The van der Waals surface area contributed by atoms with Crippen LogP contribution in [0.25, 0.3) is 0 Å². The van der Waals surface area contributed by atoms with Gasteiger partial charge in [0.15, 0.2) is 0 Å². The molecule has 0 atom stereocenters. The van der Waals surface area contributed by atoms with E-state index in [9.17, 15) is 9.59 Å². The Balaban J connectivity index is 2.65. The van der Waals surface area contributed by atoms with Crippen molar-refractivity contribution < 1.29 is 14.7 Å². The average molecular weight is 343 g/mol. The predicted molar refractivity (Wildman–Crippen MR) is 59.7 cm³/mol. The largest absolute Gasteiger partial charge is 0.480 e. The molecule has 0 saturated heterocycles. The van der Waals surface area contributed by atoms with Crippen molar-refractivity contribution >= 4 is 55.1 Å². The minimum atomic E-state index is -1.06. The van der Waals surface area contributed by atoms with Crippen LogP contribution in [-0.2, 0) is 4.79 Å². The van der Waals surface area contributed by atoms with E-state index in [1.807, 2.05) is 0 Å². The summed E-state index contributed by atoms with van der Waals surface area (Å²) < 4.78 is 1.58. The molecule has 4 nitrogen and oxygen atoms in total. The molecule has 0 aliphatic rings. The molecule has 1 aromatic heterocycles. The van der Waals surface area contributed by atoms with Crippen molar-refractivity contribution in [2.75, 3.05) is 6.54 Å². The Kier molecular flexibility index (Phi) is 4.09. The lowest BCUT2D eigenvalue weighted by Gasteiger charge is -1.97. The number of carbonyl (C=O) groups is 2. The van der Waals surface area contributed by atoms with E-state index < -0.39 is 5.97 Å². The molecule has 1 rings (SSSR count). The second-order valence-corrected chi connectivity index (χ2v) is 5.53. The number of thiophene rings is 1. The number of carboxylic acids is 1. The van der Waals surface area contributed by atoms with Gasteiger partial charge in [-0.15, -0.1) is 11.3 Å². The Hall–Kier alpha value is -0.400. The average Bonchev–Trinajstić information content (AvgIpc) is 2.43. The lowest BCUT2D eigenvalue weighted by Crippen LogP contribution is -2.28. The van der Waals surface area contributed by atoms with Gasteiger partial charge in [-0.05, 0) is 37.9 Å². The number of amides is 1. The molecular formula is C7H5Br2NO3S. The second-order valence-electron chi connectivity index (χ2n) is 2.31. The second kappa shape index (κ2) is 4.90. The van der Waals surface area contributed by atoms with E-state index in [0.29, 0.717) is 4.88 Å². The highest BCUT2D eigenvalue weighted by atomic mass is 79.9. The van der Waals surface area contributed by atoms with Crippen LogP contribution in [0.5, 0.6) is 0 Å². The highest BCUT2D eigenvalue weighted by Crippen LogP contribution is 2.32. The van der Waals surface area contributed by atoms with Crippen LogP contribution >= 0.6 is 43.2 Å². The summed E-state index contributed by atoms with van der Waals surface area (Å²) in [6, 6.07) is 1.63. The van der Waals surface area contributed by atoms with E-state index in [1.54, 1.807) is 6.07 Å². The fraction of sp³-hybridized carbons (Fsp3) is 0.143. The summed E-state index contributed by atoms with van der Waals surface area (Å²) in [5, 5.41) is 10.6. The molecule has 0 fully saturated rings. The van der Waals surface area contributed by atoms with Gasteiger partial charge in [-0.1, -0.05) is 0 Å². The first kappa shape index (κ1) is 11.7. The van der Waals surface area contributed by atoms with Gasteiger partial charge in [0.1, 0.15) is 6.54 Å². The van der Waals surface area contributed by atoms with Crippen molar-refractivity contribution in [2.24, 2.45) is 0 Å². The predicted octanol–water partition coefficient (Wildman–Crippen LogP) is 2.09. The zero-order chi connectivity index (χ0) is 10.7. The topological polar surface area (TPSA) is 66.4 Å². The molecule has 0 aromatic carbocycles. The van der Waals surface area contributed by atoms with E-state index in [2.05, 4.69) is 37.2 Å². The Morgan fingerprint density at radius 1 is 1.50 bits per heavy atom. The summed E-state index contributed by atoms with van der Waals surface area (Å²) in [5.74, 6) is -1.45. The molecule has 1 aromatic rings. The van der Waals surface area contributed by atoms with Gasteiger partial charge >= 0.3 is 5.97 Å². The maximum Gasteiger partial charge on any atom is 0.322 e. The number of halogens is 2. The number of hydrogen-bond acceptors (Lipinski definition) is 3. The molecule has 0 saturated carbocycles. The smallest absolute Gasteiger partial charge is 0.322 e. The standard InChI is InChI=1S/C7H5Br2NO3S/c8-3-1-4(14-6(3)9)7(13)10-2-5(11)12/h1H,2H2,(H,10,13)(H,11,12). The van der Waals surface area contributed by atoms with Gasteiger partial charge < -0.3 is 10.4 Å². The molecule has 0 aliphatic carbocycles. The van der Waals surface area contributed by atoms with E-state index in [4.69, 9.17) is 5.11 Å². The highest BCUT2D eigenvalue weighted by Gasteiger charge is 2.12. The van der Waals surface area contributed by atoms with Crippen molar-refractivity contribution in [1.82, 2.24) is 5.32 Å². The van der Waals surface area contributed by atoms with Crippen LogP contribution in [0.1, 0.15) is 9.67 Å². The minimum Gasteiger partial charge on any atom is -0.480 e. The van der Waals surface area contributed by atoms with Gasteiger partial charge in [-0.2, -0.15) is 0 Å². The molecular weight excluding hydrogens is 338 g/mol. The Morgan fingerprint density at radius 2 is 2.14 bits per heavy atom. The quantitative estimate of drug-likeness (QED) is 0.883. The van der Waals surface area contributed by atoms with Crippen LogP contribution in [0.3, 0.4) is 0 Å². The molecule has 0 bridgehead atoms. The van der Waals surface area contributed by atoms with Gasteiger partial charge in [0.2, 0.25) is 0 Å². The lowest BCUT2D eigenvalue weighted by molar-refractivity contribution is -0.135. The zero-order valence-corrected chi connectivity index (χ0v) is 10.7. The van der Waals surface area contributed by atoms with Crippen LogP contribution in [-0.4, -0.2) is 23.5 Å². The van der Waals surface area contributed by atoms with Gasteiger partial charge in [0, 0.05) is 4.47 Å². The van der Waals surface area contributed by atoms with Gasteiger partial charge in [0.25, 0.3) is 5.91 Å². The van der Waals surface area contributed by atoms with Gasteiger partial charge in [-0.25, -0.2) is 0 Å². The van der Waals surface area contributed by atoms with E-state index in [0.717, 1.165) is 8.26 Å². The van der Waals surface area contributed by atoms with Crippen molar-refractivity contribution in [2.45, 2.75) is 0 Å². The number of nitrogens with one attached hydrogen (secondary N) is 1. The Morgan fingerprint density at radius 3 is 2.57 bits per heavy atom. The van der Waals surface area contributed by atoms with Crippen LogP contribution < -0.4 is 5.32 Å². The molecule has 2 N–H and O–H groups in total. The third-order valence-electron chi connectivity index (χ3n) is 1.27. The fourth-order valence-corrected chi connectivity index (χ4v) is 2.65. The van der Waals surface area contributed by atoms with Crippen LogP contribution in [0.15, 0.2) is 14.3 Å². The molecule has 14 heavy (non-hydrogen) atoms. The van der Waals surface area contributed by atoms with Crippen LogP contribution in [0, 0.1) is 0 Å². The lowest BCUT2D eigenvalue weighted by atomic mass is 10.4. The Labute approximate surface area is 101 Å². The number of carbonyl (C=O) groups excluding carboxylic acids is 1. The van der Waals surface area contributed by atoms with E-state index in [-0.39, 0.29) is 12.5 Å². The number of rotatable bonds is 3. The molecule has 7 heteroatoms. The van der Waals surface area contributed by atoms with Crippen molar-refractivity contribution in [1.29, 1.82) is 0 Å². The van der Waals surface area contributed by atoms with Crippen molar-refractivity contribution in [3.05, 3.63) is 19.2 Å². The van der Waals surface area contributed by atoms with Gasteiger partial charge in [-0.3, -0.25) is 9.59 Å². The maximum absolute atomic E-state index is 11.3. The monoisotopic (exact) mass is 341 g/mol. The summed E-state index contributed by atoms with van der Waals surface area (Å²) in [6.07, 6.45) is 0. The first-order valence-corrected chi connectivity index (χ1v) is 5.86. The summed E-state index contributed by atoms with van der Waals surface area (Å²) in [4.78, 5) is 21.9. The SMILES string of the molecule is O=C(O)CNC(=O)c1cc(Br)c(Br)s1. The molecule has 0 aliphatic heterocycles. The first-order chi connectivity index (χ1) is 6.50. The first-order valence-electron chi connectivity index (χ1n) is 3.45. The van der Waals surface area contributed by atoms with Crippen molar-refractivity contribution in [3.8, 4) is 0 Å². The highest BCUT2D eigenvalue weighted by molar-refractivity contribution is 9.13. The molecule has 0 unspecified atom stereocenters. The third kappa shape index (κ3) is 3.07. The molecule has 0 spiro atoms. The summed E-state index contributed by atoms with van der Waals surface area (Å²) in [6.45, 7) is -0.369. The summed E-state index contributed by atoms with van der Waals surface area (Å²) in [5.41, 5.74) is 0. The van der Waals surface area contributed by atoms with Crippen LogP contribution in [0.4, 0.5) is 0 Å². The number of aliphatic carboxylic acids is 1. The molecule has 1 amide bonds. The Bertz CT molecular complexity index is 358. The summed E-state index contributed by atoms with van der Waals surface area (Å²) in [7, 11) is 0. The molecule has 76 valence electrons. The maximum atomic E-state index is 11.3. The van der Waals surface area contributed by atoms with Gasteiger partial charge in [0.05, 0.1) is 8.66 Å².